The number of oxazole rings is 1. The minimum absolute atomic E-state index is 0.0105. The van der Waals surface area contributed by atoms with Gasteiger partial charge in [-0.1, -0.05) is 11.6 Å². The van der Waals surface area contributed by atoms with Gasteiger partial charge in [-0.3, -0.25) is 9.36 Å². The fourth-order valence-corrected chi connectivity index (χ4v) is 4.54. The Morgan fingerprint density at radius 2 is 1.64 bits per heavy atom. The number of aliphatic hydroxyl groups is 2. The summed E-state index contributed by atoms with van der Waals surface area (Å²) in [5, 5.41) is 21.5. The van der Waals surface area contributed by atoms with Crippen molar-refractivity contribution in [3.8, 4) is 28.3 Å². The van der Waals surface area contributed by atoms with Crippen LogP contribution in [0.1, 0.15) is 42.7 Å². The quantitative estimate of drug-likeness (QED) is 0.350. The highest BCUT2D eigenvalue weighted by atomic mass is 35.5. The first-order chi connectivity index (χ1) is 16.8. The van der Waals surface area contributed by atoms with Gasteiger partial charge in [-0.05, 0) is 76.1 Å². The van der Waals surface area contributed by atoms with Crippen LogP contribution >= 0.6 is 11.6 Å². The third kappa shape index (κ3) is 4.59. The molecule has 6 nitrogen and oxygen atoms in total. The molecule has 4 rings (SSSR count). The minimum atomic E-state index is -1.62. The van der Waals surface area contributed by atoms with E-state index < -0.39 is 23.3 Å². The molecule has 0 saturated heterocycles. The largest absolute Gasteiger partial charge is 0.437 e. The fraction of sp³-hybridized carbons (Fsp3) is 0.259. The molecule has 36 heavy (non-hydrogen) atoms. The number of aryl methyl sites for hydroxylation is 2. The molecule has 0 bridgehead atoms. The van der Waals surface area contributed by atoms with E-state index in [-0.39, 0.29) is 28.5 Å². The van der Waals surface area contributed by atoms with Crippen LogP contribution in [0, 0.1) is 32.4 Å². The number of aromatic nitrogens is 2. The lowest BCUT2D eigenvalue weighted by molar-refractivity contribution is -0.0617. The Kier molecular flexibility index (Phi) is 6.64. The van der Waals surface area contributed by atoms with Gasteiger partial charge >= 0.3 is 0 Å². The Bertz CT molecular complexity index is 1510. The second-order valence-electron chi connectivity index (χ2n) is 9.30. The Morgan fingerprint density at radius 1 is 1.03 bits per heavy atom. The van der Waals surface area contributed by atoms with Gasteiger partial charge in [0, 0.05) is 34.0 Å². The summed E-state index contributed by atoms with van der Waals surface area (Å²) in [6.45, 7) is 8.11. The van der Waals surface area contributed by atoms with Crippen molar-refractivity contribution in [1.29, 1.82) is 0 Å². The van der Waals surface area contributed by atoms with Gasteiger partial charge < -0.3 is 14.6 Å². The van der Waals surface area contributed by atoms with Crippen LogP contribution in [0.4, 0.5) is 8.78 Å². The predicted octanol–water partition coefficient (Wildman–Crippen LogP) is 5.82. The summed E-state index contributed by atoms with van der Waals surface area (Å²) in [6.07, 6.45) is -1.54. The van der Waals surface area contributed by atoms with Crippen molar-refractivity contribution in [2.45, 2.75) is 46.3 Å². The highest BCUT2D eigenvalue weighted by Crippen LogP contribution is 2.39. The van der Waals surface area contributed by atoms with Gasteiger partial charge in [0.25, 0.3) is 5.56 Å². The third-order valence-corrected chi connectivity index (χ3v) is 6.21. The van der Waals surface area contributed by atoms with E-state index in [1.54, 1.807) is 19.1 Å². The zero-order valence-corrected chi connectivity index (χ0v) is 21.1. The van der Waals surface area contributed by atoms with Gasteiger partial charge in [-0.15, -0.1) is 0 Å². The summed E-state index contributed by atoms with van der Waals surface area (Å²) >= 11 is 6.18. The number of hydrogen-bond donors (Lipinski definition) is 2. The lowest BCUT2D eigenvalue weighted by atomic mass is 10.0. The number of nitrogens with zero attached hydrogens (tertiary/aromatic N) is 2. The molecule has 0 saturated carbocycles. The first kappa shape index (κ1) is 25.8. The molecule has 0 amide bonds. The highest BCUT2D eigenvalue weighted by Gasteiger charge is 2.33. The number of benzene rings is 2. The molecule has 2 heterocycles. The van der Waals surface area contributed by atoms with Crippen molar-refractivity contribution in [3.63, 3.8) is 0 Å². The molecule has 1 unspecified atom stereocenters. The summed E-state index contributed by atoms with van der Waals surface area (Å²) in [6, 6.07) is 9.36. The first-order valence-corrected chi connectivity index (χ1v) is 11.5. The summed E-state index contributed by atoms with van der Waals surface area (Å²) < 4.78 is 35.9. The molecule has 2 N–H and O–H groups in total. The summed E-state index contributed by atoms with van der Waals surface area (Å²) in [7, 11) is 0. The predicted molar refractivity (Wildman–Crippen MR) is 133 cm³/mol. The van der Waals surface area contributed by atoms with Crippen LogP contribution in [0.3, 0.4) is 0 Å². The van der Waals surface area contributed by atoms with Gasteiger partial charge in [-0.25, -0.2) is 13.8 Å². The molecule has 0 fully saturated rings. The number of pyridine rings is 1. The van der Waals surface area contributed by atoms with Crippen LogP contribution < -0.4 is 5.56 Å². The molecule has 0 spiro atoms. The molecule has 2 aromatic carbocycles. The molecule has 9 heteroatoms. The maximum absolute atomic E-state index is 14.8. The average Bonchev–Trinajstić information content (AvgIpc) is 3.18. The van der Waals surface area contributed by atoms with Crippen LogP contribution in [0.15, 0.2) is 51.7 Å². The van der Waals surface area contributed by atoms with Gasteiger partial charge in [0.2, 0.25) is 5.89 Å². The van der Waals surface area contributed by atoms with E-state index in [9.17, 15) is 23.8 Å². The van der Waals surface area contributed by atoms with Gasteiger partial charge in [0.15, 0.2) is 11.9 Å². The number of rotatable bonds is 5. The zero-order valence-electron chi connectivity index (χ0n) is 20.4. The molecule has 4 aromatic rings. The minimum Gasteiger partial charge on any atom is -0.437 e. The van der Waals surface area contributed by atoms with Gasteiger partial charge in [-0.2, -0.15) is 0 Å². The van der Waals surface area contributed by atoms with Crippen LogP contribution in [0.5, 0.6) is 0 Å². The molecule has 0 aliphatic carbocycles. The second kappa shape index (κ2) is 9.28. The molecule has 188 valence electrons. The van der Waals surface area contributed by atoms with E-state index in [1.807, 2.05) is 13.8 Å². The van der Waals surface area contributed by atoms with E-state index in [0.29, 0.717) is 28.0 Å². The van der Waals surface area contributed by atoms with Crippen LogP contribution in [-0.4, -0.2) is 25.4 Å². The van der Waals surface area contributed by atoms with Crippen molar-refractivity contribution in [2.75, 3.05) is 0 Å². The SMILES string of the molecule is Cc1cc(Cl)cc(C)c1-n1c(C)c(-c2oc(C(O)C(C)(C)O)nc2-c2ccc(F)cc2F)ccc1=O. The summed E-state index contributed by atoms with van der Waals surface area (Å²) in [5.74, 6) is -1.86. The summed E-state index contributed by atoms with van der Waals surface area (Å²) in [5.41, 5.74) is 1.01. The molecular weight excluding hydrogens is 490 g/mol. The topological polar surface area (TPSA) is 88.5 Å². The summed E-state index contributed by atoms with van der Waals surface area (Å²) in [4.78, 5) is 17.3. The Labute approximate surface area is 211 Å². The fourth-order valence-electron chi connectivity index (χ4n) is 4.21. The molecule has 0 aliphatic heterocycles. The van der Waals surface area contributed by atoms with Crippen molar-refractivity contribution >= 4 is 11.6 Å². The smallest absolute Gasteiger partial charge is 0.255 e. The van der Waals surface area contributed by atoms with Crippen LogP contribution in [-0.2, 0) is 0 Å². The average molecular weight is 515 g/mol. The van der Waals surface area contributed by atoms with E-state index >= 15 is 0 Å². The molecule has 1 atom stereocenters. The lowest BCUT2D eigenvalue weighted by Crippen LogP contribution is -2.28. The zero-order chi connectivity index (χ0) is 26.5. The van der Waals surface area contributed by atoms with Crippen molar-refractivity contribution in [2.24, 2.45) is 0 Å². The van der Waals surface area contributed by atoms with Crippen molar-refractivity contribution in [3.05, 3.63) is 92.2 Å². The molecule has 2 aromatic heterocycles. The van der Waals surface area contributed by atoms with E-state index in [1.165, 1.54) is 36.6 Å². The Morgan fingerprint density at radius 3 is 2.22 bits per heavy atom. The maximum Gasteiger partial charge on any atom is 0.255 e. The second-order valence-corrected chi connectivity index (χ2v) is 9.74. The van der Waals surface area contributed by atoms with Crippen molar-refractivity contribution < 1.29 is 23.4 Å². The highest BCUT2D eigenvalue weighted by molar-refractivity contribution is 6.30. The number of aliphatic hydroxyl groups excluding tert-OH is 1. The normalized spacial score (nSPS) is 12.7. The maximum atomic E-state index is 14.8. The van der Waals surface area contributed by atoms with Crippen LogP contribution in [0.2, 0.25) is 5.02 Å². The molecular formula is C27H25ClF2N2O4. The van der Waals surface area contributed by atoms with Crippen molar-refractivity contribution in [1.82, 2.24) is 9.55 Å². The Hall–Kier alpha value is -3.33. The molecule has 0 aliphatic rings. The monoisotopic (exact) mass is 514 g/mol. The van der Waals surface area contributed by atoms with Gasteiger partial charge in [0.05, 0.1) is 11.3 Å². The lowest BCUT2D eigenvalue weighted by Gasteiger charge is -2.21. The Balaban J connectivity index is 2.03. The first-order valence-electron chi connectivity index (χ1n) is 11.2. The number of hydrogen-bond acceptors (Lipinski definition) is 5. The standard InChI is InChI=1S/C27H25ClF2N2O4/c1-13-10-16(28)11-14(2)23(13)32-15(3)18(8-9-21(32)33)24-22(19-7-6-17(29)12-20(19)30)31-26(36-24)25(34)27(4,5)35/h6-12,25,34-35H,1-5H3. The van der Waals surface area contributed by atoms with Crippen LogP contribution in [0.25, 0.3) is 28.3 Å². The molecule has 0 radical (unpaired) electrons. The van der Waals surface area contributed by atoms with E-state index in [4.69, 9.17) is 16.0 Å². The van der Waals surface area contributed by atoms with Gasteiger partial charge in [0.1, 0.15) is 17.3 Å². The third-order valence-electron chi connectivity index (χ3n) is 6.00. The van der Waals surface area contributed by atoms with E-state index in [0.717, 1.165) is 17.2 Å². The number of halogens is 3. The van der Waals surface area contributed by atoms with E-state index in [2.05, 4.69) is 4.98 Å².